The van der Waals surface area contributed by atoms with Crippen LogP contribution in [0.1, 0.15) is 42.7 Å². The predicted molar refractivity (Wildman–Crippen MR) is 79.8 cm³/mol. The third-order valence-corrected chi connectivity index (χ3v) is 3.46. The maximum atomic E-state index is 12.5. The fraction of sp³-hybridized carbons (Fsp3) is 0.438. The Morgan fingerprint density at radius 3 is 2.62 bits per heavy atom. The number of aromatic nitrogens is 1. The number of carbonyl (C=O) groups is 2. The second-order valence-electron chi connectivity index (χ2n) is 5.64. The maximum Gasteiger partial charge on any atom is 0.328 e. The molecule has 1 saturated carbocycles. The zero-order valence-electron chi connectivity index (χ0n) is 12.3. The molecule has 0 saturated heterocycles. The first kappa shape index (κ1) is 15.2. The van der Waals surface area contributed by atoms with E-state index in [0.29, 0.717) is 17.2 Å². The topological polar surface area (TPSA) is 70.5 Å². The number of rotatable bonds is 6. The number of hydrogen-bond donors (Lipinski definition) is 1. The van der Waals surface area contributed by atoms with Gasteiger partial charge in [0.2, 0.25) is 0 Å². The number of pyridine rings is 1. The minimum Gasteiger partial charge on any atom is -0.478 e. The third-order valence-electron chi connectivity index (χ3n) is 3.46. The highest BCUT2D eigenvalue weighted by atomic mass is 16.4. The number of nitrogens with zero attached hydrogens (tertiary/aromatic N) is 2. The molecule has 0 bridgehead atoms. The van der Waals surface area contributed by atoms with Crippen LogP contribution < -0.4 is 0 Å². The molecule has 1 amide bonds. The largest absolute Gasteiger partial charge is 0.478 e. The van der Waals surface area contributed by atoms with Crippen LogP contribution in [-0.4, -0.2) is 39.5 Å². The first-order chi connectivity index (χ1) is 9.97. The molecule has 1 heterocycles. The van der Waals surface area contributed by atoms with Crippen molar-refractivity contribution < 1.29 is 14.7 Å². The molecule has 0 atom stereocenters. The molecule has 1 aromatic heterocycles. The second-order valence-corrected chi connectivity index (χ2v) is 5.64. The van der Waals surface area contributed by atoms with Crippen LogP contribution in [0.25, 0.3) is 6.08 Å². The highest BCUT2D eigenvalue weighted by Gasteiger charge is 2.29. The van der Waals surface area contributed by atoms with Gasteiger partial charge in [0.25, 0.3) is 5.91 Å². The van der Waals surface area contributed by atoms with E-state index in [2.05, 4.69) is 4.98 Å². The summed E-state index contributed by atoms with van der Waals surface area (Å²) >= 11 is 0. The van der Waals surface area contributed by atoms with E-state index in [0.717, 1.165) is 12.6 Å². The molecule has 0 unspecified atom stereocenters. The summed E-state index contributed by atoms with van der Waals surface area (Å²) in [5.74, 6) is -0.439. The van der Waals surface area contributed by atoms with Gasteiger partial charge in [-0.2, -0.15) is 0 Å². The van der Waals surface area contributed by atoms with Crippen LogP contribution in [-0.2, 0) is 4.79 Å². The Kier molecular flexibility index (Phi) is 4.73. The van der Waals surface area contributed by atoms with Crippen molar-refractivity contribution in [2.75, 3.05) is 6.54 Å². The first-order valence-corrected chi connectivity index (χ1v) is 7.15. The van der Waals surface area contributed by atoms with E-state index in [1.807, 2.05) is 18.7 Å². The molecule has 1 aliphatic carbocycles. The van der Waals surface area contributed by atoms with E-state index in [4.69, 9.17) is 5.11 Å². The Morgan fingerprint density at radius 2 is 2.14 bits per heavy atom. The summed E-state index contributed by atoms with van der Waals surface area (Å²) in [6.45, 7) is 4.80. The molecule has 1 aromatic rings. The van der Waals surface area contributed by atoms with Crippen molar-refractivity contribution in [1.82, 2.24) is 9.88 Å². The zero-order valence-corrected chi connectivity index (χ0v) is 12.3. The predicted octanol–water partition coefficient (Wildman–Crippen LogP) is 2.44. The lowest BCUT2D eigenvalue weighted by molar-refractivity contribution is -0.131. The highest BCUT2D eigenvalue weighted by molar-refractivity contribution is 5.92. The van der Waals surface area contributed by atoms with Crippen molar-refractivity contribution in [3.63, 3.8) is 0 Å². The van der Waals surface area contributed by atoms with Crippen LogP contribution in [0.2, 0.25) is 0 Å². The molecule has 5 heteroatoms. The fourth-order valence-corrected chi connectivity index (χ4v) is 2.05. The number of amides is 1. The molecule has 21 heavy (non-hydrogen) atoms. The van der Waals surface area contributed by atoms with E-state index in [9.17, 15) is 9.59 Å². The summed E-state index contributed by atoms with van der Waals surface area (Å²) in [6.07, 6.45) is 6.41. The van der Waals surface area contributed by atoms with Crippen LogP contribution >= 0.6 is 0 Å². The van der Waals surface area contributed by atoms with Gasteiger partial charge in [0.15, 0.2) is 0 Å². The van der Waals surface area contributed by atoms with Gasteiger partial charge in [0.05, 0.1) is 0 Å². The van der Waals surface area contributed by atoms with Crippen LogP contribution in [0, 0.1) is 5.92 Å². The van der Waals surface area contributed by atoms with Gasteiger partial charge in [-0.15, -0.1) is 0 Å². The molecule has 1 N–H and O–H groups in total. The molecule has 2 rings (SSSR count). The standard InChI is InChI=1S/C16H20N2O3/c1-11(2)18(10-13-3-4-13)16(21)14-7-5-12(9-17-14)6-8-15(19)20/h5-9,11,13H,3-4,10H2,1-2H3,(H,19,20). The van der Waals surface area contributed by atoms with Gasteiger partial charge in [0.1, 0.15) is 5.69 Å². The first-order valence-electron chi connectivity index (χ1n) is 7.15. The van der Waals surface area contributed by atoms with E-state index in [-0.39, 0.29) is 11.9 Å². The molecular weight excluding hydrogens is 268 g/mol. The van der Waals surface area contributed by atoms with Gasteiger partial charge in [0, 0.05) is 24.9 Å². The van der Waals surface area contributed by atoms with Gasteiger partial charge in [-0.1, -0.05) is 6.07 Å². The van der Waals surface area contributed by atoms with Crippen molar-refractivity contribution in [3.05, 3.63) is 35.7 Å². The molecule has 0 aromatic carbocycles. The lowest BCUT2D eigenvalue weighted by atomic mass is 10.2. The van der Waals surface area contributed by atoms with Gasteiger partial charge < -0.3 is 10.0 Å². The SMILES string of the molecule is CC(C)N(CC1CC1)C(=O)c1ccc(C=CC(=O)O)cn1. The van der Waals surface area contributed by atoms with Crippen molar-refractivity contribution in [3.8, 4) is 0 Å². The molecule has 0 aliphatic heterocycles. The normalized spacial score (nSPS) is 14.6. The number of aliphatic carboxylic acids is 1. The van der Waals surface area contributed by atoms with Gasteiger partial charge in [-0.3, -0.25) is 9.78 Å². The smallest absolute Gasteiger partial charge is 0.328 e. The Hall–Kier alpha value is -2.17. The third kappa shape index (κ3) is 4.41. The average molecular weight is 288 g/mol. The lowest BCUT2D eigenvalue weighted by Gasteiger charge is -2.26. The summed E-state index contributed by atoms with van der Waals surface area (Å²) in [5, 5.41) is 8.57. The Morgan fingerprint density at radius 1 is 1.43 bits per heavy atom. The summed E-state index contributed by atoms with van der Waals surface area (Å²) < 4.78 is 0. The molecule has 1 fully saturated rings. The van der Waals surface area contributed by atoms with Crippen molar-refractivity contribution >= 4 is 18.0 Å². The Bertz CT molecular complexity index is 545. The number of carboxylic acids is 1. The molecule has 1 aliphatic rings. The summed E-state index contributed by atoms with van der Waals surface area (Å²) in [4.78, 5) is 28.9. The quantitative estimate of drug-likeness (QED) is 0.816. The second kappa shape index (κ2) is 6.52. The van der Waals surface area contributed by atoms with Gasteiger partial charge >= 0.3 is 5.97 Å². The van der Waals surface area contributed by atoms with Gasteiger partial charge in [-0.05, 0) is 50.3 Å². The number of carboxylic acid groups (broad SMARTS) is 1. The minimum atomic E-state index is -1.01. The van der Waals surface area contributed by atoms with Crippen LogP contribution in [0.3, 0.4) is 0 Å². The van der Waals surface area contributed by atoms with E-state index < -0.39 is 5.97 Å². The maximum absolute atomic E-state index is 12.5. The molecule has 0 spiro atoms. The zero-order chi connectivity index (χ0) is 15.4. The fourth-order valence-electron chi connectivity index (χ4n) is 2.05. The average Bonchev–Trinajstić information content (AvgIpc) is 3.26. The van der Waals surface area contributed by atoms with Crippen LogP contribution in [0.4, 0.5) is 0 Å². The Labute approximate surface area is 124 Å². The molecular formula is C16H20N2O3. The van der Waals surface area contributed by atoms with E-state index in [1.165, 1.54) is 25.1 Å². The van der Waals surface area contributed by atoms with E-state index in [1.54, 1.807) is 12.1 Å². The molecule has 5 nitrogen and oxygen atoms in total. The number of hydrogen-bond acceptors (Lipinski definition) is 3. The summed E-state index contributed by atoms with van der Waals surface area (Å²) in [5.41, 5.74) is 1.06. The van der Waals surface area contributed by atoms with Crippen LogP contribution in [0.5, 0.6) is 0 Å². The van der Waals surface area contributed by atoms with Gasteiger partial charge in [-0.25, -0.2) is 4.79 Å². The lowest BCUT2D eigenvalue weighted by Crippen LogP contribution is -2.38. The molecule has 112 valence electrons. The summed E-state index contributed by atoms with van der Waals surface area (Å²) in [7, 11) is 0. The monoisotopic (exact) mass is 288 g/mol. The Balaban J connectivity index is 2.08. The molecule has 0 radical (unpaired) electrons. The summed E-state index contributed by atoms with van der Waals surface area (Å²) in [6, 6.07) is 3.49. The minimum absolute atomic E-state index is 0.0642. The van der Waals surface area contributed by atoms with Crippen molar-refractivity contribution in [2.24, 2.45) is 5.92 Å². The highest BCUT2D eigenvalue weighted by Crippen LogP contribution is 2.30. The van der Waals surface area contributed by atoms with Crippen molar-refractivity contribution in [1.29, 1.82) is 0 Å². The number of carbonyl (C=O) groups excluding carboxylic acids is 1. The van der Waals surface area contributed by atoms with E-state index >= 15 is 0 Å². The van der Waals surface area contributed by atoms with Crippen LogP contribution in [0.15, 0.2) is 24.4 Å². The van der Waals surface area contributed by atoms with Crippen molar-refractivity contribution in [2.45, 2.75) is 32.7 Å².